The van der Waals surface area contributed by atoms with Crippen molar-refractivity contribution in [2.75, 3.05) is 19.6 Å². The maximum absolute atomic E-state index is 12.8. The summed E-state index contributed by atoms with van der Waals surface area (Å²) in [5, 5.41) is 3.74. The van der Waals surface area contributed by atoms with Crippen molar-refractivity contribution in [3.8, 4) is 0 Å². The number of hydrogen-bond donors (Lipinski definition) is 1. The van der Waals surface area contributed by atoms with E-state index in [9.17, 15) is 13.2 Å². The number of rotatable bonds is 8. The maximum Gasteiger partial charge on any atom is 0.223 e. The summed E-state index contributed by atoms with van der Waals surface area (Å²) >= 11 is 11.9. The number of piperidine rings is 1. The number of sulfonamides is 1. The minimum absolute atomic E-state index is 0.00494. The standard InChI is InChI=1S/C24H30Cl2N2O3S/c1-17(2)20-6-3-18(4-7-20)9-12-27-24(29)21-10-13-28(14-11-21)32(30,31)16-19-5-8-22(25)23(26)15-19/h3-8,15,17,21H,9-14,16H2,1-2H3,(H,27,29). The molecular formula is C24H30Cl2N2O3S. The molecule has 1 fully saturated rings. The Morgan fingerprint density at radius 2 is 1.66 bits per heavy atom. The SMILES string of the molecule is CC(C)c1ccc(CCNC(=O)C2CCN(S(=O)(=O)Cc3ccc(Cl)c(Cl)c3)CC2)cc1. The Balaban J connectivity index is 1.44. The summed E-state index contributed by atoms with van der Waals surface area (Å²) in [6.45, 7) is 5.60. The summed E-state index contributed by atoms with van der Waals surface area (Å²) in [7, 11) is -3.48. The highest BCUT2D eigenvalue weighted by Crippen LogP contribution is 2.26. The second-order valence-corrected chi connectivity index (χ2v) is 11.4. The van der Waals surface area contributed by atoms with Crippen LogP contribution in [0, 0.1) is 5.92 Å². The van der Waals surface area contributed by atoms with Gasteiger partial charge in [0.25, 0.3) is 0 Å². The first-order chi connectivity index (χ1) is 15.2. The lowest BCUT2D eigenvalue weighted by atomic mass is 9.97. The zero-order valence-electron chi connectivity index (χ0n) is 18.5. The summed E-state index contributed by atoms with van der Waals surface area (Å²) in [6.07, 6.45) is 1.83. The second-order valence-electron chi connectivity index (χ2n) is 8.62. The van der Waals surface area contributed by atoms with E-state index in [0.29, 0.717) is 54.0 Å². The van der Waals surface area contributed by atoms with Crippen molar-refractivity contribution < 1.29 is 13.2 Å². The Labute approximate surface area is 201 Å². The van der Waals surface area contributed by atoms with Crippen LogP contribution < -0.4 is 5.32 Å². The van der Waals surface area contributed by atoms with Crippen LogP contribution in [0.4, 0.5) is 0 Å². The maximum atomic E-state index is 12.8. The molecule has 1 heterocycles. The average molecular weight is 497 g/mol. The highest BCUT2D eigenvalue weighted by molar-refractivity contribution is 7.88. The summed E-state index contributed by atoms with van der Waals surface area (Å²) in [5.74, 6) is 0.221. The third-order valence-electron chi connectivity index (χ3n) is 5.91. The fourth-order valence-electron chi connectivity index (χ4n) is 3.87. The van der Waals surface area contributed by atoms with Gasteiger partial charge >= 0.3 is 0 Å². The predicted molar refractivity (Wildman–Crippen MR) is 131 cm³/mol. The molecule has 0 atom stereocenters. The quantitative estimate of drug-likeness (QED) is 0.557. The molecule has 174 valence electrons. The fraction of sp³-hybridized carbons (Fsp3) is 0.458. The summed E-state index contributed by atoms with van der Waals surface area (Å²) < 4.78 is 27.0. The van der Waals surface area contributed by atoms with Crippen molar-refractivity contribution in [3.63, 3.8) is 0 Å². The van der Waals surface area contributed by atoms with Gasteiger partial charge in [0.2, 0.25) is 15.9 Å². The van der Waals surface area contributed by atoms with Crippen LogP contribution in [-0.2, 0) is 27.0 Å². The van der Waals surface area contributed by atoms with Gasteiger partial charge < -0.3 is 5.32 Å². The van der Waals surface area contributed by atoms with Gasteiger partial charge in [-0.05, 0) is 54.0 Å². The zero-order valence-corrected chi connectivity index (χ0v) is 20.8. The number of benzene rings is 2. The molecule has 1 N–H and O–H groups in total. The average Bonchev–Trinajstić information content (AvgIpc) is 2.76. The van der Waals surface area contributed by atoms with Crippen LogP contribution in [0.15, 0.2) is 42.5 Å². The third kappa shape index (κ3) is 6.70. The normalized spacial score (nSPS) is 15.8. The molecule has 0 aromatic heterocycles. The smallest absolute Gasteiger partial charge is 0.223 e. The Hall–Kier alpha value is -1.60. The van der Waals surface area contributed by atoms with Crippen LogP contribution in [0.2, 0.25) is 10.0 Å². The second kappa shape index (κ2) is 11.0. The van der Waals surface area contributed by atoms with E-state index in [-0.39, 0.29) is 17.6 Å². The minimum atomic E-state index is -3.48. The van der Waals surface area contributed by atoms with E-state index >= 15 is 0 Å². The van der Waals surface area contributed by atoms with Crippen molar-refractivity contribution >= 4 is 39.1 Å². The number of nitrogens with zero attached hydrogens (tertiary/aromatic N) is 1. The lowest BCUT2D eigenvalue weighted by molar-refractivity contribution is -0.126. The van der Waals surface area contributed by atoms with Crippen molar-refractivity contribution in [1.29, 1.82) is 0 Å². The van der Waals surface area contributed by atoms with Crippen LogP contribution in [0.5, 0.6) is 0 Å². The molecule has 0 unspecified atom stereocenters. The van der Waals surface area contributed by atoms with Gasteiger partial charge in [-0.1, -0.05) is 67.4 Å². The lowest BCUT2D eigenvalue weighted by Gasteiger charge is -2.30. The molecule has 5 nitrogen and oxygen atoms in total. The first-order valence-electron chi connectivity index (χ1n) is 10.9. The number of hydrogen-bond acceptors (Lipinski definition) is 3. The van der Waals surface area contributed by atoms with Crippen LogP contribution in [0.25, 0.3) is 0 Å². The molecule has 8 heteroatoms. The monoisotopic (exact) mass is 496 g/mol. The molecule has 0 radical (unpaired) electrons. The van der Waals surface area contributed by atoms with Gasteiger partial charge in [-0.25, -0.2) is 12.7 Å². The molecule has 0 spiro atoms. The van der Waals surface area contributed by atoms with Gasteiger partial charge in [-0.2, -0.15) is 0 Å². The fourth-order valence-corrected chi connectivity index (χ4v) is 5.74. The molecule has 2 aromatic rings. The van der Waals surface area contributed by atoms with Gasteiger partial charge in [-0.3, -0.25) is 4.79 Å². The van der Waals surface area contributed by atoms with Gasteiger partial charge in [0.15, 0.2) is 0 Å². The molecule has 1 amide bonds. The van der Waals surface area contributed by atoms with Crippen molar-refractivity contribution in [2.24, 2.45) is 5.92 Å². The molecule has 1 aliphatic rings. The van der Waals surface area contributed by atoms with Gasteiger partial charge in [0.1, 0.15) is 0 Å². The summed E-state index contributed by atoms with van der Waals surface area (Å²) in [6, 6.07) is 13.3. The van der Waals surface area contributed by atoms with Crippen LogP contribution in [0.1, 0.15) is 49.3 Å². The summed E-state index contributed by atoms with van der Waals surface area (Å²) in [5.41, 5.74) is 3.09. The number of halogens is 2. The molecule has 1 aliphatic heterocycles. The highest BCUT2D eigenvalue weighted by atomic mass is 35.5. The molecule has 0 bridgehead atoms. The Kier molecular flexibility index (Phi) is 8.62. The van der Waals surface area contributed by atoms with Crippen LogP contribution in [0.3, 0.4) is 0 Å². The van der Waals surface area contributed by atoms with E-state index in [1.807, 2.05) is 0 Å². The molecular weight excluding hydrogens is 467 g/mol. The Morgan fingerprint density at radius 1 is 1.03 bits per heavy atom. The molecule has 2 aromatic carbocycles. The lowest BCUT2D eigenvalue weighted by Crippen LogP contribution is -2.43. The molecule has 0 aliphatic carbocycles. The number of carbonyl (C=O) groups excluding carboxylic acids is 1. The molecule has 3 rings (SSSR count). The summed E-state index contributed by atoms with van der Waals surface area (Å²) in [4.78, 5) is 12.5. The van der Waals surface area contributed by atoms with Crippen LogP contribution >= 0.6 is 23.2 Å². The third-order valence-corrected chi connectivity index (χ3v) is 8.50. The van der Waals surface area contributed by atoms with Crippen LogP contribution in [-0.4, -0.2) is 38.3 Å². The molecule has 1 saturated heterocycles. The van der Waals surface area contributed by atoms with Crippen molar-refractivity contribution in [2.45, 2.75) is 44.8 Å². The Morgan fingerprint density at radius 3 is 2.25 bits per heavy atom. The first-order valence-corrected chi connectivity index (χ1v) is 13.3. The highest BCUT2D eigenvalue weighted by Gasteiger charge is 2.31. The van der Waals surface area contributed by atoms with E-state index in [1.54, 1.807) is 18.2 Å². The number of amides is 1. The van der Waals surface area contributed by atoms with E-state index in [2.05, 4.69) is 43.4 Å². The number of nitrogens with one attached hydrogen (secondary N) is 1. The van der Waals surface area contributed by atoms with E-state index in [1.165, 1.54) is 15.4 Å². The van der Waals surface area contributed by atoms with Gasteiger partial charge in [0, 0.05) is 25.6 Å². The number of carbonyl (C=O) groups is 1. The van der Waals surface area contributed by atoms with Crippen molar-refractivity contribution in [3.05, 3.63) is 69.2 Å². The van der Waals surface area contributed by atoms with E-state index < -0.39 is 10.0 Å². The van der Waals surface area contributed by atoms with E-state index in [0.717, 1.165) is 6.42 Å². The zero-order chi connectivity index (χ0) is 23.3. The largest absolute Gasteiger partial charge is 0.356 e. The predicted octanol–water partition coefficient (Wildman–Crippen LogP) is 5.02. The Bertz CT molecular complexity index is 1030. The van der Waals surface area contributed by atoms with E-state index in [4.69, 9.17) is 23.2 Å². The van der Waals surface area contributed by atoms with Crippen molar-refractivity contribution in [1.82, 2.24) is 9.62 Å². The first kappa shape index (κ1) is 25.0. The van der Waals surface area contributed by atoms with Gasteiger partial charge in [0.05, 0.1) is 15.8 Å². The van der Waals surface area contributed by atoms with Gasteiger partial charge in [-0.15, -0.1) is 0 Å². The topological polar surface area (TPSA) is 66.5 Å². The minimum Gasteiger partial charge on any atom is -0.356 e. The molecule has 0 saturated carbocycles. The molecule has 32 heavy (non-hydrogen) atoms.